The first-order valence-corrected chi connectivity index (χ1v) is 13.7. The van der Waals surface area contributed by atoms with Gasteiger partial charge in [-0.25, -0.2) is 8.78 Å². The lowest BCUT2D eigenvalue weighted by Crippen LogP contribution is -2.57. The number of aliphatic hydroxyl groups excluding tert-OH is 2. The quantitative estimate of drug-likeness (QED) is 0.330. The van der Waals surface area contributed by atoms with Gasteiger partial charge in [-0.3, -0.25) is 9.80 Å². The first kappa shape index (κ1) is 37.0. The van der Waals surface area contributed by atoms with E-state index in [9.17, 15) is 19.0 Å². The number of para-hydroxylation sites is 2. The van der Waals surface area contributed by atoms with Gasteiger partial charge in [0, 0.05) is 45.8 Å². The molecular weight excluding hydrogens is 623 g/mol. The third-order valence-corrected chi connectivity index (χ3v) is 7.88. The topological polar surface area (TPSA) is 68.6 Å². The monoisotopic (exact) mass is 661 g/mol. The van der Waals surface area contributed by atoms with Crippen LogP contribution in [0.1, 0.15) is 11.1 Å². The van der Waals surface area contributed by atoms with E-state index in [1.54, 1.807) is 31.4 Å². The van der Waals surface area contributed by atoms with Gasteiger partial charge in [-0.2, -0.15) is 0 Å². The number of hydrogen-bond donors (Lipinski definition) is 2. The standard InChI is InChI=1S/C31H37F2N3O4.3ClH/c1-39-27-5-3-2-4-26(27)35-14-16-36(17-15-35)30-28(40-29(21-37)31(30)38)20-34(18-22-6-10-24(32)11-7-22)19-23-8-12-25(33)13-9-23;;;/h2-13,28-31,37-38H,14-21H2,1H3;3*1H/t28-,29+,30+,31-;;;/m1.../s1. The molecule has 12 heteroatoms. The maximum atomic E-state index is 13.6. The highest BCUT2D eigenvalue weighted by Gasteiger charge is 2.47. The number of piperazine rings is 1. The Bertz CT molecular complexity index is 1190. The van der Waals surface area contributed by atoms with Crippen molar-refractivity contribution in [1.82, 2.24) is 9.80 Å². The normalized spacial score (nSPS) is 22.0. The first-order chi connectivity index (χ1) is 19.4. The van der Waals surface area contributed by atoms with Gasteiger partial charge in [-0.1, -0.05) is 36.4 Å². The second-order valence-electron chi connectivity index (χ2n) is 10.5. The Balaban J connectivity index is 0.00000215. The fourth-order valence-electron chi connectivity index (χ4n) is 5.87. The van der Waals surface area contributed by atoms with Crippen LogP contribution in [0, 0.1) is 11.6 Å². The Kier molecular flexibility index (Phi) is 14.9. The van der Waals surface area contributed by atoms with Crippen LogP contribution in [0.3, 0.4) is 0 Å². The van der Waals surface area contributed by atoms with Crippen molar-refractivity contribution in [3.05, 3.63) is 95.6 Å². The summed E-state index contributed by atoms with van der Waals surface area (Å²) in [5.41, 5.74) is 2.91. The van der Waals surface area contributed by atoms with E-state index in [4.69, 9.17) is 9.47 Å². The number of hydrogen-bond acceptors (Lipinski definition) is 7. The van der Waals surface area contributed by atoms with Crippen LogP contribution in [0.15, 0.2) is 72.8 Å². The highest BCUT2D eigenvalue weighted by atomic mass is 35.5. The Morgan fingerprint density at radius 3 is 1.86 bits per heavy atom. The van der Waals surface area contributed by atoms with Crippen LogP contribution in [0.5, 0.6) is 5.75 Å². The van der Waals surface area contributed by atoms with Gasteiger partial charge in [0.1, 0.15) is 29.6 Å². The number of halogens is 5. The van der Waals surface area contributed by atoms with E-state index in [0.29, 0.717) is 32.7 Å². The lowest BCUT2D eigenvalue weighted by Gasteiger charge is -2.42. The molecule has 5 rings (SSSR count). The van der Waals surface area contributed by atoms with Crippen LogP contribution < -0.4 is 9.64 Å². The number of anilines is 1. The van der Waals surface area contributed by atoms with E-state index < -0.39 is 12.2 Å². The molecule has 2 fully saturated rings. The second-order valence-corrected chi connectivity index (χ2v) is 10.5. The van der Waals surface area contributed by atoms with E-state index in [-0.39, 0.29) is 67.6 Å². The van der Waals surface area contributed by atoms with E-state index in [1.807, 2.05) is 18.2 Å². The maximum absolute atomic E-state index is 13.6. The van der Waals surface area contributed by atoms with Gasteiger partial charge in [0.25, 0.3) is 0 Å². The SMILES string of the molecule is COc1ccccc1N1CCN([C@@H]2[C@H](O)[C@H](CO)O[C@@H]2CN(Cc2ccc(F)cc2)Cc2ccc(F)cc2)CC1.Cl.Cl.Cl. The van der Waals surface area contributed by atoms with Crippen molar-refractivity contribution >= 4 is 42.9 Å². The number of nitrogens with zero attached hydrogens (tertiary/aromatic N) is 3. The Morgan fingerprint density at radius 1 is 0.814 bits per heavy atom. The lowest BCUT2D eigenvalue weighted by molar-refractivity contribution is -0.0325. The molecule has 238 valence electrons. The third kappa shape index (κ3) is 9.15. The first-order valence-electron chi connectivity index (χ1n) is 13.7. The summed E-state index contributed by atoms with van der Waals surface area (Å²) < 4.78 is 38.9. The predicted octanol–water partition coefficient (Wildman–Crippen LogP) is 4.55. The van der Waals surface area contributed by atoms with Gasteiger partial charge < -0.3 is 24.6 Å². The molecule has 0 saturated carbocycles. The zero-order valence-electron chi connectivity index (χ0n) is 23.9. The van der Waals surface area contributed by atoms with Gasteiger partial charge in [0.2, 0.25) is 0 Å². The fraction of sp³-hybridized carbons (Fsp3) is 0.419. The predicted molar refractivity (Wildman–Crippen MR) is 171 cm³/mol. The van der Waals surface area contributed by atoms with E-state index >= 15 is 0 Å². The van der Waals surface area contributed by atoms with Crippen molar-refractivity contribution in [3.63, 3.8) is 0 Å². The molecule has 2 saturated heterocycles. The lowest BCUT2D eigenvalue weighted by atomic mass is 10.0. The molecule has 0 amide bonds. The number of aliphatic hydroxyl groups is 2. The molecule has 2 heterocycles. The molecule has 3 aromatic rings. The highest BCUT2D eigenvalue weighted by molar-refractivity contribution is 5.86. The van der Waals surface area contributed by atoms with Crippen molar-refractivity contribution in [2.24, 2.45) is 0 Å². The van der Waals surface area contributed by atoms with Crippen molar-refractivity contribution in [1.29, 1.82) is 0 Å². The van der Waals surface area contributed by atoms with Gasteiger partial charge in [0.05, 0.1) is 31.5 Å². The van der Waals surface area contributed by atoms with Crippen molar-refractivity contribution in [2.45, 2.75) is 37.4 Å². The Labute approximate surface area is 270 Å². The molecule has 0 bridgehead atoms. The highest BCUT2D eigenvalue weighted by Crippen LogP contribution is 2.32. The van der Waals surface area contributed by atoms with Crippen LogP contribution >= 0.6 is 37.2 Å². The zero-order chi connectivity index (χ0) is 28.1. The van der Waals surface area contributed by atoms with Crippen molar-refractivity contribution in [2.75, 3.05) is 51.3 Å². The molecule has 7 nitrogen and oxygen atoms in total. The molecule has 0 unspecified atom stereocenters. The molecule has 0 aliphatic carbocycles. The van der Waals surface area contributed by atoms with Gasteiger partial charge in [-0.05, 0) is 47.5 Å². The summed E-state index contributed by atoms with van der Waals surface area (Å²) in [7, 11) is 1.67. The number of rotatable bonds is 10. The van der Waals surface area contributed by atoms with E-state index in [2.05, 4.69) is 20.8 Å². The maximum Gasteiger partial charge on any atom is 0.142 e. The third-order valence-electron chi connectivity index (χ3n) is 7.88. The minimum absolute atomic E-state index is 0. The molecule has 0 spiro atoms. The summed E-state index contributed by atoms with van der Waals surface area (Å²) in [6.07, 6.45) is -1.89. The Morgan fingerprint density at radius 2 is 1.35 bits per heavy atom. The number of methoxy groups -OCH3 is 1. The van der Waals surface area contributed by atoms with E-state index in [0.717, 1.165) is 35.7 Å². The number of benzene rings is 3. The second kappa shape index (κ2) is 17.3. The summed E-state index contributed by atoms with van der Waals surface area (Å²) >= 11 is 0. The zero-order valence-corrected chi connectivity index (χ0v) is 26.4. The fourth-order valence-corrected chi connectivity index (χ4v) is 5.87. The molecule has 2 aliphatic heterocycles. The largest absolute Gasteiger partial charge is 0.495 e. The van der Waals surface area contributed by atoms with Crippen molar-refractivity contribution < 1.29 is 28.5 Å². The molecular formula is C31H40Cl3F2N3O4. The van der Waals surface area contributed by atoms with Crippen molar-refractivity contribution in [3.8, 4) is 5.75 Å². The van der Waals surface area contributed by atoms with Crippen LogP contribution in [0.2, 0.25) is 0 Å². The summed E-state index contributed by atoms with van der Waals surface area (Å²) in [6.45, 7) is 4.19. The van der Waals surface area contributed by atoms with Gasteiger partial charge in [-0.15, -0.1) is 37.2 Å². The average molecular weight is 663 g/mol. The molecule has 0 aromatic heterocycles. The van der Waals surface area contributed by atoms with E-state index in [1.165, 1.54) is 24.3 Å². The molecule has 2 aliphatic rings. The molecule has 2 N–H and O–H groups in total. The van der Waals surface area contributed by atoms with Gasteiger partial charge >= 0.3 is 0 Å². The summed E-state index contributed by atoms with van der Waals surface area (Å²) in [5.74, 6) is 0.235. The van der Waals surface area contributed by atoms with Crippen LogP contribution in [-0.2, 0) is 17.8 Å². The molecule has 4 atom stereocenters. The molecule has 3 aromatic carbocycles. The van der Waals surface area contributed by atoms with Crippen LogP contribution in [0.25, 0.3) is 0 Å². The van der Waals surface area contributed by atoms with Crippen LogP contribution in [0.4, 0.5) is 14.5 Å². The summed E-state index contributed by atoms with van der Waals surface area (Å²) in [4.78, 5) is 6.70. The minimum atomic E-state index is -0.841. The minimum Gasteiger partial charge on any atom is -0.495 e. The molecule has 43 heavy (non-hydrogen) atoms. The number of ether oxygens (including phenoxy) is 2. The Hall–Kier alpha value is -2.21. The average Bonchev–Trinajstić information content (AvgIpc) is 3.29. The van der Waals surface area contributed by atoms with Crippen LogP contribution in [-0.4, -0.2) is 90.8 Å². The molecule has 0 radical (unpaired) electrons. The smallest absolute Gasteiger partial charge is 0.142 e. The summed E-state index contributed by atoms with van der Waals surface area (Å²) in [6, 6.07) is 20.4. The summed E-state index contributed by atoms with van der Waals surface area (Å²) in [5, 5.41) is 21.2. The van der Waals surface area contributed by atoms with Gasteiger partial charge in [0.15, 0.2) is 0 Å².